The predicted molar refractivity (Wildman–Crippen MR) is 246 cm³/mol. The Balaban J connectivity index is 0.911. The van der Waals surface area contributed by atoms with Crippen molar-refractivity contribution in [3.8, 4) is 21.6 Å². The van der Waals surface area contributed by atoms with Gasteiger partial charge in [0, 0.05) is 53.5 Å². The van der Waals surface area contributed by atoms with E-state index in [-0.39, 0.29) is 0 Å². The summed E-state index contributed by atoms with van der Waals surface area (Å²) >= 11 is 3.70. The minimum Gasteiger partial charge on any atom is -0.311 e. The van der Waals surface area contributed by atoms with Gasteiger partial charge >= 0.3 is 0 Å². The van der Waals surface area contributed by atoms with Crippen molar-refractivity contribution in [2.75, 3.05) is 9.80 Å². The Bertz CT molecular complexity index is 2770. The lowest BCUT2D eigenvalue weighted by molar-refractivity contribution is 1.17. The van der Waals surface area contributed by atoms with Gasteiger partial charge in [-0.2, -0.15) is 0 Å². The van der Waals surface area contributed by atoms with Crippen LogP contribution in [0.1, 0.15) is 11.1 Å². The average Bonchev–Trinajstić information content (AvgIpc) is 3.73. The van der Waals surface area contributed by atoms with Crippen LogP contribution in [0.5, 0.6) is 0 Å². The molecule has 272 valence electrons. The highest BCUT2D eigenvalue weighted by Gasteiger charge is 2.17. The smallest absolute Gasteiger partial charge is 0.0462 e. The molecule has 0 radical (unpaired) electrons. The van der Waals surface area contributed by atoms with E-state index in [1.165, 1.54) is 52.6 Å². The predicted octanol–water partition coefficient (Wildman–Crippen LogP) is 15.9. The summed E-state index contributed by atoms with van der Waals surface area (Å²) in [5.74, 6) is 0. The van der Waals surface area contributed by atoms with Gasteiger partial charge in [-0.25, -0.2) is 0 Å². The van der Waals surface area contributed by atoms with Gasteiger partial charge in [0.05, 0.1) is 0 Å². The monoisotopic (exact) mass is 766 g/mol. The van der Waals surface area contributed by atoms with E-state index in [1.54, 1.807) is 0 Å². The molecule has 0 aliphatic carbocycles. The third kappa shape index (κ3) is 7.18. The van der Waals surface area contributed by atoms with Crippen molar-refractivity contribution in [2.45, 2.75) is 11.3 Å². The molecule has 10 rings (SSSR count). The molecule has 0 bridgehead atoms. The number of fused-ring (bicyclic) bond motifs is 2. The number of hydrogen-bond acceptors (Lipinski definition) is 4. The van der Waals surface area contributed by atoms with Gasteiger partial charge < -0.3 is 9.80 Å². The zero-order valence-corrected chi connectivity index (χ0v) is 32.8. The van der Waals surface area contributed by atoms with Crippen molar-refractivity contribution in [3.63, 3.8) is 0 Å². The van der Waals surface area contributed by atoms with Crippen LogP contribution in [0.2, 0.25) is 0 Å². The van der Waals surface area contributed by atoms with Crippen molar-refractivity contribution >= 4 is 72.2 Å². The van der Waals surface area contributed by atoms with Crippen LogP contribution in [0.15, 0.2) is 223 Å². The minimum atomic E-state index is 0.971. The number of para-hydroxylation sites is 2. The molecule has 2 nitrogen and oxygen atoms in total. The van der Waals surface area contributed by atoms with Crippen LogP contribution in [0.25, 0.3) is 36.6 Å². The van der Waals surface area contributed by atoms with Gasteiger partial charge in [0.15, 0.2) is 0 Å². The van der Waals surface area contributed by atoms with Gasteiger partial charge in [-0.05, 0) is 131 Å². The summed E-state index contributed by atoms with van der Waals surface area (Å²) in [6.07, 6.45) is 3.32. The summed E-state index contributed by atoms with van der Waals surface area (Å²) in [6, 6.07) is 76.6. The quantitative estimate of drug-likeness (QED) is 0.144. The van der Waals surface area contributed by atoms with Crippen LogP contribution < -0.4 is 9.80 Å². The van der Waals surface area contributed by atoms with Gasteiger partial charge in [0.1, 0.15) is 0 Å². The minimum absolute atomic E-state index is 0.971. The van der Waals surface area contributed by atoms with Crippen LogP contribution in [-0.2, 0) is 6.42 Å². The second kappa shape index (κ2) is 15.5. The molecule has 0 spiro atoms. The lowest BCUT2D eigenvalue weighted by Gasteiger charge is -2.26. The zero-order valence-electron chi connectivity index (χ0n) is 31.2. The number of thiophene rings is 1. The number of anilines is 6. The number of hydrogen-bond donors (Lipinski definition) is 0. The first-order chi connectivity index (χ1) is 28.2. The van der Waals surface area contributed by atoms with Gasteiger partial charge in [0.25, 0.3) is 0 Å². The summed E-state index contributed by atoms with van der Waals surface area (Å²) < 4.78 is 1.31. The Morgan fingerprint density at radius 1 is 0.368 bits per heavy atom. The molecule has 1 aromatic heterocycles. The maximum absolute atomic E-state index is 2.35. The fourth-order valence-electron chi connectivity index (χ4n) is 7.64. The number of nitrogens with zero attached hydrogens (tertiary/aromatic N) is 2. The van der Waals surface area contributed by atoms with Crippen LogP contribution >= 0.6 is 23.1 Å². The molecular formula is C53H38N2S2. The molecule has 0 N–H and O–H groups in total. The van der Waals surface area contributed by atoms with E-state index in [0.717, 1.165) is 40.5 Å². The van der Waals surface area contributed by atoms with E-state index >= 15 is 0 Å². The first-order valence-corrected chi connectivity index (χ1v) is 20.9. The Hall–Kier alpha value is -6.59. The second-order valence-electron chi connectivity index (χ2n) is 14.2. The van der Waals surface area contributed by atoms with Gasteiger partial charge in [-0.1, -0.05) is 139 Å². The lowest BCUT2D eigenvalue weighted by atomic mass is 10.0. The van der Waals surface area contributed by atoms with Gasteiger partial charge in [-0.3, -0.25) is 0 Å². The fourth-order valence-corrected chi connectivity index (χ4v) is 9.79. The zero-order chi connectivity index (χ0) is 38.0. The van der Waals surface area contributed by atoms with Crippen molar-refractivity contribution in [1.29, 1.82) is 0 Å². The molecule has 0 atom stereocenters. The molecule has 4 heteroatoms. The molecule has 8 aromatic carbocycles. The molecule has 57 heavy (non-hydrogen) atoms. The van der Waals surface area contributed by atoms with Crippen molar-refractivity contribution in [3.05, 3.63) is 230 Å². The first-order valence-electron chi connectivity index (χ1n) is 19.3. The molecule has 9 aromatic rings. The molecule has 0 amide bonds. The van der Waals surface area contributed by atoms with Crippen LogP contribution in [0, 0.1) is 0 Å². The standard InChI is InChI=1S/C53H38N2S2/c1-3-13-44(14-4-1)54(48-32-23-41(24-33-48)52-36-27-40-11-7-9-17-50(40)56-52)46-28-19-38(20-29-46)39-21-30-47(31-22-39)55(45-15-5-2-6-16-45)49-34-25-42(26-35-49)53-37-43-12-8-10-18-51(43)57-53/h1-26,28-37H,27H2. The molecule has 0 saturated carbocycles. The lowest BCUT2D eigenvalue weighted by Crippen LogP contribution is -2.10. The highest BCUT2D eigenvalue weighted by molar-refractivity contribution is 8.08. The van der Waals surface area contributed by atoms with E-state index in [9.17, 15) is 0 Å². The molecule has 2 heterocycles. The average molecular weight is 767 g/mol. The largest absolute Gasteiger partial charge is 0.311 e. The van der Waals surface area contributed by atoms with Crippen molar-refractivity contribution in [1.82, 2.24) is 0 Å². The fraction of sp³-hybridized carbons (Fsp3) is 0.0189. The normalized spacial score (nSPS) is 12.2. The van der Waals surface area contributed by atoms with E-state index in [0.29, 0.717) is 0 Å². The number of thioether (sulfide) groups is 1. The third-order valence-electron chi connectivity index (χ3n) is 10.6. The summed E-state index contributed by atoms with van der Waals surface area (Å²) in [5.41, 5.74) is 13.0. The Morgan fingerprint density at radius 3 is 1.35 bits per heavy atom. The van der Waals surface area contributed by atoms with Crippen LogP contribution in [-0.4, -0.2) is 0 Å². The summed E-state index contributed by atoms with van der Waals surface area (Å²) in [5, 5.41) is 1.29. The third-order valence-corrected chi connectivity index (χ3v) is 13.0. The SMILES string of the molecule is C1=C(c2ccc(N(c3ccccc3)c3ccc(-c4ccc(N(c5ccccc5)c5ccc(-c6cc7ccccc7s6)cc5)cc4)cc3)cc2)Sc2ccccc2C1. The maximum atomic E-state index is 2.35. The number of benzene rings is 8. The number of allylic oxidation sites excluding steroid dienone is 1. The van der Waals surface area contributed by atoms with Crippen LogP contribution in [0.4, 0.5) is 34.1 Å². The van der Waals surface area contributed by atoms with E-state index in [2.05, 4.69) is 228 Å². The maximum Gasteiger partial charge on any atom is 0.0462 e. The Morgan fingerprint density at radius 2 is 0.807 bits per heavy atom. The second-order valence-corrected chi connectivity index (χ2v) is 16.3. The van der Waals surface area contributed by atoms with E-state index in [4.69, 9.17) is 0 Å². The topological polar surface area (TPSA) is 6.48 Å². The molecule has 1 aliphatic heterocycles. The molecule has 0 saturated heterocycles. The van der Waals surface area contributed by atoms with Crippen LogP contribution in [0.3, 0.4) is 0 Å². The molecule has 0 unspecified atom stereocenters. The Labute approximate surface area is 342 Å². The van der Waals surface area contributed by atoms with Gasteiger partial charge in [0.2, 0.25) is 0 Å². The summed E-state index contributed by atoms with van der Waals surface area (Å²) in [4.78, 5) is 8.61. The molecular weight excluding hydrogens is 729 g/mol. The summed E-state index contributed by atoms with van der Waals surface area (Å²) in [7, 11) is 0. The van der Waals surface area contributed by atoms with E-state index in [1.807, 2.05) is 23.1 Å². The summed E-state index contributed by atoms with van der Waals surface area (Å²) in [6.45, 7) is 0. The molecule has 1 aliphatic rings. The Kier molecular flexibility index (Phi) is 9.49. The van der Waals surface area contributed by atoms with Gasteiger partial charge in [-0.15, -0.1) is 11.3 Å². The van der Waals surface area contributed by atoms with Crippen molar-refractivity contribution in [2.24, 2.45) is 0 Å². The first kappa shape index (κ1) is 34.9. The highest BCUT2D eigenvalue weighted by atomic mass is 32.2. The molecule has 0 fully saturated rings. The number of rotatable bonds is 9. The highest BCUT2D eigenvalue weighted by Crippen LogP contribution is 2.43. The van der Waals surface area contributed by atoms with Crippen molar-refractivity contribution < 1.29 is 0 Å². The van der Waals surface area contributed by atoms with E-state index < -0.39 is 0 Å².